The lowest BCUT2D eigenvalue weighted by molar-refractivity contribution is 0.0968. The van der Waals surface area contributed by atoms with Crippen molar-refractivity contribution >= 4 is 11.9 Å². The van der Waals surface area contributed by atoms with Crippen LogP contribution in [-0.4, -0.2) is 26.1 Å². The summed E-state index contributed by atoms with van der Waals surface area (Å²) in [5.74, 6) is 0.355. The average molecular weight is 338 g/mol. The van der Waals surface area contributed by atoms with Gasteiger partial charge in [-0.15, -0.1) is 0 Å². The number of carbonyl (C=O) groups is 1. The highest BCUT2D eigenvalue weighted by Crippen LogP contribution is 2.32. The van der Waals surface area contributed by atoms with E-state index in [4.69, 9.17) is 9.47 Å². The van der Waals surface area contributed by atoms with E-state index < -0.39 is 0 Å². The van der Waals surface area contributed by atoms with Gasteiger partial charge in [0.1, 0.15) is 5.75 Å². The van der Waals surface area contributed by atoms with Crippen molar-refractivity contribution in [1.29, 1.82) is 0 Å². The van der Waals surface area contributed by atoms with Gasteiger partial charge in [0, 0.05) is 5.56 Å². The monoisotopic (exact) mass is 338 g/mol. The molecule has 1 atom stereocenters. The van der Waals surface area contributed by atoms with Gasteiger partial charge in [0.2, 0.25) is 0 Å². The summed E-state index contributed by atoms with van der Waals surface area (Å²) in [5.41, 5.74) is 3.02. The first kappa shape index (κ1) is 17.0. The minimum Gasteiger partial charge on any atom is -0.497 e. The number of ether oxygens (including phenoxy) is 2. The summed E-state index contributed by atoms with van der Waals surface area (Å²) in [4.78, 5) is 17.1. The molecular formula is C20H22N2O3. The Kier molecular flexibility index (Phi) is 5.33. The number of hydrogen-bond donors (Lipinski definition) is 1. The van der Waals surface area contributed by atoms with E-state index in [0.29, 0.717) is 11.3 Å². The maximum atomic E-state index is 12.4. The topological polar surface area (TPSA) is 59.9 Å². The number of methoxy groups -OCH3 is 2. The molecule has 130 valence electrons. The maximum Gasteiger partial charge on any atom is 0.292 e. The molecule has 2 aromatic carbocycles. The van der Waals surface area contributed by atoms with Crippen LogP contribution < -0.4 is 10.1 Å². The van der Waals surface area contributed by atoms with Crippen molar-refractivity contribution < 1.29 is 14.3 Å². The number of benzene rings is 2. The predicted octanol–water partition coefficient (Wildman–Crippen LogP) is 3.51. The molecule has 0 bridgehead atoms. The third kappa shape index (κ3) is 3.99. The fourth-order valence-electron chi connectivity index (χ4n) is 3.07. The van der Waals surface area contributed by atoms with Crippen LogP contribution in [0.3, 0.4) is 0 Å². The van der Waals surface area contributed by atoms with Gasteiger partial charge in [-0.05, 0) is 48.6 Å². The summed E-state index contributed by atoms with van der Waals surface area (Å²) in [5, 5.41) is 2.75. The first-order chi connectivity index (χ1) is 12.2. The second-order valence-electron chi connectivity index (χ2n) is 5.93. The molecule has 0 saturated heterocycles. The van der Waals surface area contributed by atoms with Crippen molar-refractivity contribution in [3.8, 4) is 5.75 Å². The molecule has 3 rings (SSSR count). The number of amidine groups is 1. The van der Waals surface area contributed by atoms with Gasteiger partial charge in [-0.25, -0.2) is 4.99 Å². The smallest absolute Gasteiger partial charge is 0.292 e. The van der Waals surface area contributed by atoms with Crippen LogP contribution in [0, 0.1) is 0 Å². The molecule has 0 unspecified atom stereocenters. The number of fused-ring (bicyclic) bond motifs is 1. The number of amides is 1. The lowest BCUT2D eigenvalue weighted by Gasteiger charge is -2.23. The molecule has 5 nitrogen and oxygen atoms in total. The van der Waals surface area contributed by atoms with E-state index >= 15 is 0 Å². The van der Waals surface area contributed by atoms with Crippen molar-refractivity contribution in [3.05, 3.63) is 65.2 Å². The van der Waals surface area contributed by atoms with Gasteiger partial charge in [0.15, 0.2) is 0 Å². The van der Waals surface area contributed by atoms with Crippen LogP contribution in [0.1, 0.15) is 40.4 Å². The highest BCUT2D eigenvalue weighted by molar-refractivity contribution is 6.04. The van der Waals surface area contributed by atoms with Gasteiger partial charge >= 0.3 is 0 Å². The second-order valence-corrected chi connectivity index (χ2v) is 5.93. The Morgan fingerprint density at radius 2 is 2.00 bits per heavy atom. The van der Waals surface area contributed by atoms with Gasteiger partial charge in [0.05, 0.1) is 20.3 Å². The van der Waals surface area contributed by atoms with Gasteiger partial charge < -0.3 is 9.47 Å². The number of rotatable bonds is 3. The number of aryl methyl sites for hydroxylation is 1. The summed E-state index contributed by atoms with van der Waals surface area (Å²) in [7, 11) is 3.08. The normalized spacial score (nSPS) is 16.7. The zero-order valence-corrected chi connectivity index (χ0v) is 14.5. The summed E-state index contributed by atoms with van der Waals surface area (Å²) >= 11 is 0. The molecule has 0 spiro atoms. The quantitative estimate of drug-likeness (QED) is 0.688. The molecule has 2 aromatic rings. The first-order valence-corrected chi connectivity index (χ1v) is 8.36. The molecule has 1 aliphatic carbocycles. The average Bonchev–Trinajstić information content (AvgIpc) is 2.67. The predicted molar refractivity (Wildman–Crippen MR) is 97.0 cm³/mol. The van der Waals surface area contributed by atoms with Crippen LogP contribution in [0.2, 0.25) is 0 Å². The Bertz CT molecular complexity index is 786. The third-order valence-corrected chi connectivity index (χ3v) is 4.36. The van der Waals surface area contributed by atoms with E-state index in [9.17, 15) is 4.79 Å². The number of hydrogen-bond acceptors (Lipinski definition) is 4. The lowest BCUT2D eigenvalue weighted by Crippen LogP contribution is -2.32. The van der Waals surface area contributed by atoms with E-state index in [1.54, 1.807) is 31.4 Å². The minimum absolute atomic E-state index is 0.00510. The Morgan fingerprint density at radius 1 is 1.16 bits per heavy atom. The maximum absolute atomic E-state index is 12.4. The highest BCUT2D eigenvalue weighted by atomic mass is 16.5. The van der Waals surface area contributed by atoms with Crippen molar-refractivity contribution in [3.63, 3.8) is 0 Å². The summed E-state index contributed by atoms with van der Waals surface area (Å²) < 4.78 is 10.5. The number of nitrogens with zero attached hydrogens (tertiary/aromatic N) is 1. The first-order valence-electron chi connectivity index (χ1n) is 8.36. The zero-order valence-electron chi connectivity index (χ0n) is 14.5. The van der Waals surface area contributed by atoms with Gasteiger partial charge in [-0.2, -0.15) is 0 Å². The van der Waals surface area contributed by atoms with Crippen molar-refractivity contribution in [2.24, 2.45) is 4.99 Å². The van der Waals surface area contributed by atoms with Crippen LogP contribution in [-0.2, 0) is 11.2 Å². The summed E-state index contributed by atoms with van der Waals surface area (Å²) in [6.07, 6.45) is 3.09. The van der Waals surface area contributed by atoms with E-state index in [1.807, 2.05) is 12.1 Å². The molecule has 1 amide bonds. The minimum atomic E-state index is -0.274. The van der Waals surface area contributed by atoms with Crippen molar-refractivity contribution in [2.45, 2.75) is 25.3 Å². The number of nitrogens with one attached hydrogen (secondary N) is 1. The number of carbonyl (C=O) groups excluding carboxylic acids is 1. The van der Waals surface area contributed by atoms with Crippen LogP contribution in [0.15, 0.2) is 53.5 Å². The molecule has 25 heavy (non-hydrogen) atoms. The van der Waals surface area contributed by atoms with Crippen LogP contribution in [0.5, 0.6) is 5.75 Å². The Morgan fingerprint density at radius 3 is 2.80 bits per heavy atom. The SMILES string of the molecule is COC(=N[C@@H]1CCCc2ccccc21)NC(=O)c1cccc(OC)c1. The summed E-state index contributed by atoms with van der Waals surface area (Å²) in [6.45, 7) is 0. The van der Waals surface area contributed by atoms with E-state index in [1.165, 1.54) is 18.2 Å². The Labute approximate surface area is 147 Å². The van der Waals surface area contributed by atoms with Gasteiger partial charge in [0.25, 0.3) is 11.9 Å². The Hall–Kier alpha value is -2.82. The van der Waals surface area contributed by atoms with Gasteiger partial charge in [-0.3, -0.25) is 10.1 Å². The lowest BCUT2D eigenvalue weighted by atomic mass is 9.88. The van der Waals surface area contributed by atoms with E-state index in [2.05, 4.69) is 22.4 Å². The van der Waals surface area contributed by atoms with Crippen LogP contribution in [0.25, 0.3) is 0 Å². The molecule has 0 radical (unpaired) electrons. The molecule has 1 N–H and O–H groups in total. The van der Waals surface area contributed by atoms with E-state index in [-0.39, 0.29) is 18.0 Å². The summed E-state index contributed by atoms with van der Waals surface area (Å²) in [6, 6.07) is 15.5. The molecule has 0 aliphatic heterocycles. The molecule has 5 heteroatoms. The zero-order chi connectivity index (χ0) is 17.6. The van der Waals surface area contributed by atoms with Crippen LogP contribution >= 0.6 is 0 Å². The molecule has 0 heterocycles. The third-order valence-electron chi connectivity index (χ3n) is 4.36. The standard InChI is InChI=1S/C20H22N2O3/c1-24-16-10-5-9-15(13-16)19(23)22-20(25-2)21-18-12-6-8-14-7-3-4-11-17(14)18/h3-5,7,9-11,13,18H,6,8,12H2,1-2H3,(H,21,22,23)/t18-/m1/s1. The molecule has 0 aromatic heterocycles. The number of aliphatic imine (C=N–C) groups is 1. The molecule has 0 fully saturated rings. The highest BCUT2D eigenvalue weighted by Gasteiger charge is 2.20. The molecular weight excluding hydrogens is 316 g/mol. The molecule has 1 aliphatic rings. The van der Waals surface area contributed by atoms with Gasteiger partial charge in [-0.1, -0.05) is 30.3 Å². The largest absolute Gasteiger partial charge is 0.497 e. The van der Waals surface area contributed by atoms with Crippen molar-refractivity contribution in [1.82, 2.24) is 5.32 Å². The fourth-order valence-corrected chi connectivity index (χ4v) is 3.07. The second kappa shape index (κ2) is 7.83. The van der Waals surface area contributed by atoms with Crippen molar-refractivity contribution in [2.75, 3.05) is 14.2 Å². The van der Waals surface area contributed by atoms with Crippen LogP contribution in [0.4, 0.5) is 0 Å². The fraction of sp³-hybridized carbons (Fsp3) is 0.300. The Balaban J connectivity index is 1.78. The van der Waals surface area contributed by atoms with E-state index in [0.717, 1.165) is 19.3 Å². The molecule has 0 saturated carbocycles.